The fraction of sp³-hybridized carbons (Fsp3) is 0.438. The Morgan fingerprint density at radius 1 is 1.32 bits per heavy atom. The lowest BCUT2D eigenvalue weighted by molar-refractivity contribution is 0.0501. The zero-order valence-electron chi connectivity index (χ0n) is 14.0. The number of ether oxygens (including phenoxy) is 2. The topological polar surface area (TPSA) is 153 Å². The van der Waals surface area contributed by atoms with Gasteiger partial charge in [-0.3, -0.25) is 9.59 Å². The molecule has 1 aliphatic carbocycles. The molecule has 2 atom stereocenters. The summed E-state index contributed by atoms with van der Waals surface area (Å²) < 4.78 is 12.3. The van der Waals surface area contributed by atoms with Gasteiger partial charge in [0.25, 0.3) is 0 Å². The maximum absolute atomic E-state index is 12.7. The van der Waals surface area contributed by atoms with Crippen molar-refractivity contribution in [1.82, 2.24) is 4.57 Å². The number of hydrogen-bond acceptors (Lipinski definition) is 7. The molecule has 0 bridgehead atoms. The average Bonchev–Trinajstić information content (AvgIpc) is 3.03. The molecule has 25 heavy (non-hydrogen) atoms. The van der Waals surface area contributed by atoms with Gasteiger partial charge < -0.3 is 31.2 Å². The first-order valence-electron chi connectivity index (χ1n) is 7.89. The fourth-order valence-electron chi connectivity index (χ4n) is 3.47. The molecule has 2 heterocycles. The van der Waals surface area contributed by atoms with E-state index < -0.39 is 18.0 Å². The third-order valence-corrected chi connectivity index (χ3v) is 4.60. The van der Waals surface area contributed by atoms with Crippen LogP contribution in [-0.2, 0) is 22.6 Å². The molecule has 3 rings (SSSR count). The van der Waals surface area contributed by atoms with Crippen LogP contribution in [-0.4, -0.2) is 34.9 Å². The van der Waals surface area contributed by atoms with E-state index in [1.54, 1.807) is 4.57 Å². The van der Waals surface area contributed by atoms with Gasteiger partial charge in [-0.1, -0.05) is 0 Å². The molecule has 1 aromatic heterocycles. The van der Waals surface area contributed by atoms with Gasteiger partial charge in [0.2, 0.25) is 11.6 Å². The molecule has 0 aromatic carbocycles. The number of amides is 1. The zero-order chi connectivity index (χ0) is 18.5. The Bertz CT molecular complexity index is 823. The molecule has 0 saturated carbocycles. The van der Waals surface area contributed by atoms with E-state index in [4.69, 9.17) is 26.7 Å². The van der Waals surface area contributed by atoms with Gasteiger partial charge in [-0.15, -0.1) is 0 Å². The SMILES string of the molecule is CCO[C@H]1c2c(COC(N)=O)c3c(n2C[C@H]1N)C(=O)C(C)=C(N)C3=O. The van der Waals surface area contributed by atoms with E-state index in [1.165, 1.54) is 6.92 Å². The third-order valence-electron chi connectivity index (χ3n) is 4.60. The molecule has 9 nitrogen and oxygen atoms in total. The van der Waals surface area contributed by atoms with Crippen LogP contribution in [0.15, 0.2) is 11.3 Å². The van der Waals surface area contributed by atoms with Crippen LogP contribution in [0, 0.1) is 0 Å². The number of Topliss-reactive ketones (excluding diaryl/α,β-unsaturated/α-hetero) is 2. The number of carbonyl (C=O) groups excluding carboxylic acids is 3. The number of primary amides is 1. The van der Waals surface area contributed by atoms with E-state index in [0.717, 1.165) is 0 Å². The summed E-state index contributed by atoms with van der Waals surface area (Å²) in [6.07, 6.45) is -1.51. The molecule has 6 N–H and O–H groups in total. The number of ketones is 2. The van der Waals surface area contributed by atoms with E-state index in [9.17, 15) is 14.4 Å². The minimum absolute atomic E-state index is 0.112. The van der Waals surface area contributed by atoms with Crippen molar-refractivity contribution >= 4 is 17.7 Å². The molecule has 1 amide bonds. The molecule has 0 spiro atoms. The van der Waals surface area contributed by atoms with Crippen LogP contribution in [0.2, 0.25) is 0 Å². The summed E-state index contributed by atoms with van der Waals surface area (Å²) in [6.45, 7) is 3.77. The third kappa shape index (κ3) is 2.43. The average molecular weight is 348 g/mol. The molecule has 134 valence electrons. The lowest BCUT2D eigenvalue weighted by Crippen LogP contribution is -2.31. The van der Waals surface area contributed by atoms with Crippen molar-refractivity contribution in [3.63, 3.8) is 0 Å². The Hall–Kier alpha value is -2.65. The van der Waals surface area contributed by atoms with Crippen LogP contribution < -0.4 is 17.2 Å². The summed E-state index contributed by atoms with van der Waals surface area (Å²) in [5.74, 6) is -0.816. The lowest BCUT2D eigenvalue weighted by Gasteiger charge is -2.19. The van der Waals surface area contributed by atoms with E-state index >= 15 is 0 Å². The summed E-state index contributed by atoms with van der Waals surface area (Å²) >= 11 is 0. The van der Waals surface area contributed by atoms with Crippen molar-refractivity contribution < 1.29 is 23.9 Å². The first kappa shape index (κ1) is 17.2. The van der Waals surface area contributed by atoms with E-state index in [2.05, 4.69) is 0 Å². The van der Waals surface area contributed by atoms with E-state index in [-0.39, 0.29) is 41.0 Å². The van der Waals surface area contributed by atoms with Gasteiger partial charge in [0, 0.05) is 24.3 Å². The Morgan fingerprint density at radius 3 is 2.60 bits per heavy atom. The predicted molar refractivity (Wildman–Crippen MR) is 86.7 cm³/mol. The molecular weight excluding hydrogens is 328 g/mol. The van der Waals surface area contributed by atoms with Crippen LogP contribution in [0.1, 0.15) is 52.1 Å². The number of rotatable bonds is 4. The number of nitrogens with two attached hydrogens (primary N) is 3. The van der Waals surface area contributed by atoms with Crippen LogP contribution in [0.5, 0.6) is 0 Å². The number of aromatic nitrogens is 1. The zero-order valence-corrected chi connectivity index (χ0v) is 14.0. The molecule has 0 fully saturated rings. The number of carbonyl (C=O) groups is 3. The highest BCUT2D eigenvalue weighted by Crippen LogP contribution is 2.40. The van der Waals surface area contributed by atoms with Crippen LogP contribution in [0.4, 0.5) is 4.79 Å². The molecule has 9 heteroatoms. The largest absolute Gasteiger partial charge is 0.445 e. The molecule has 0 radical (unpaired) electrons. The summed E-state index contributed by atoms with van der Waals surface area (Å²) in [5, 5.41) is 0. The Labute approximate surface area is 143 Å². The van der Waals surface area contributed by atoms with Gasteiger partial charge >= 0.3 is 6.09 Å². The predicted octanol–water partition coefficient (Wildman–Crippen LogP) is 0.114. The quantitative estimate of drug-likeness (QED) is 0.698. The molecule has 1 aromatic rings. The molecule has 0 unspecified atom stereocenters. The number of nitrogens with zero attached hydrogens (tertiary/aromatic N) is 1. The minimum atomic E-state index is -0.988. The van der Waals surface area contributed by atoms with Gasteiger partial charge in [0.1, 0.15) is 18.4 Å². The first-order valence-corrected chi connectivity index (χ1v) is 7.89. The van der Waals surface area contributed by atoms with Crippen molar-refractivity contribution in [3.05, 3.63) is 33.8 Å². The molecule has 0 saturated heterocycles. The highest BCUT2D eigenvalue weighted by atomic mass is 16.5. The standard InChI is InChI=1S/C16H20N4O5/c1-3-24-15-8(17)4-20-11(15)7(5-25-16(19)23)9-12(20)13(21)6(2)10(18)14(9)22/h8,15H,3-5,17-18H2,1-2H3,(H2,19,23)/t8-,15-/m1/s1. The summed E-state index contributed by atoms with van der Waals surface area (Å²) in [6, 6.07) is -0.390. The minimum Gasteiger partial charge on any atom is -0.445 e. The number of fused-ring (bicyclic) bond motifs is 3. The van der Waals surface area contributed by atoms with Gasteiger partial charge in [0.15, 0.2) is 0 Å². The first-order chi connectivity index (χ1) is 11.8. The second-order valence-corrected chi connectivity index (χ2v) is 6.04. The van der Waals surface area contributed by atoms with Gasteiger partial charge in [-0.05, 0) is 13.8 Å². The van der Waals surface area contributed by atoms with E-state index in [1.807, 2.05) is 6.92 Å². The summed E-state index contributed by atoms with van der Waals surface area (Å²) in [4.78, 5) is 36.5. The normalized spacial score (nSPS) is 22.2. The molecule has 2 aliphatic rings. The smallest absolute Gasteiger partial charge is 0.404 e. The highest BCUT2D eigenvalue weighted by Gasteiger charge is 2.44. The van der Waals surface area contributed by atoms with E-state index in [0.29, 0.717) is 24.4 Å². The molecule has 1 aliphatic heterocycles. The Kier molecular flexibility index (Phi) is 4.13. The molecular formula is C16H20N4O5. The second kappa shape index (κ2) is 6.01. The summed E-state index contributed by atoms with van der Waals surface area (Å²) in [5.41, 5.74) is 18.4. The van der Waals surface area contributed by atoms with Crippen molar-refractivity contribution in [2.45, 2.75) is 39.1 Å². The Balaban J connectivity index is 2.23. The summed E-state index contributed by atoms with van der Waals surface area (Å²) in [7, 11) is 0. The second-order valence-electron chi connectivity index (χ2n) is 6.04. The van der Waals surface area contributed by atoms with Crippen molar-refractivity contribution in [2.24, 2.45) is 17.2 Å². The van der Waals surface area contributed by atoms with Crippen LogP contribution >= 0.6 is 0 Å². The Morgan fingerprint density at radius 2 is 2.00 bits per heavy atom. The monoisotopic (exact) mass is 348 g/mol. The number of hydrogen-bond donors (Lipinski definition) is 3. The van der Waals surface area contributed by atoms with Crippen molar-refractivity contribution in [1.29, 1.82) is 0 Å². The number of allylic oxidation sites excluding steroid dienone is 2. The van der Waals surface area contributed by atoms with Gasteiger partial charge in [-0.2, -0.15) is 0 Å². The van der Waals surface area contributed by atoms with Crippen LogP contribution in [0.25, 0.3) is 0 Å². The maximum Gasteiger partial charge on any atom is 0.404 e. The van der Waals surface area contributed by atoms with Crippen molar-refractivity contribution in [3.8, 4) is 0 Å². The highest BCUT2D eigenvalue weighted by molar-refractivity contribution is 6.26. The van der Waals surface area contributed by atoms with Gasteiger partial charge in [-0.25, -0.2) is 4.79 Å². The van der Waals surface area contributed by atoms with Crippen molar-refractivity contribution in [2.75, 3.05) is 6.61 Å². The van der Waals surface area contributed by atoms with Crippen LogP contribution in [0.3, 0.4) is 0 Å². The maximum atomic E-state index is 12.7. The fourth-order valence-corrected chi connectivity index (χ4v) is 3.47. The van der Waals surface area contributed by atoms with Gasteiger partial charge in [0.05, 0.1) is 23.0 Å². The lowest BCUT2D eigenvalue weighted by atomic mass is 9.89.